The van der Waals surface area contributed by atoms with Gasteiger partial charge in [0.1, 0.15) is 0 Å². The van der Waals surface area contributed by atoms with Crippen LogP contribution in [-0.4, -0.2) is 10.8 Å². The van der Waals surface area contributed by atoms with Crippen LogP contribution in [0, 0.1) is 0 Å². The number of anilines is 2. The first-order valence-electron chi connectivity index (χ1n) is 8.66. The summed E-state index contributed by atoms with van der Waals surface area (Å²) in [5, 5.41) is 4.54. The van der Waals surface area contributed by atoms with Crippen molar-refractivity contribution >= 4 is 28.1 Å². The van der Waals surface area contributed by atoms with Gasteiger partial charge in [0.05, 0.1) is 17.1 Å². The third-order valence-electron chi connectivity index (χ3n) is 4.96. The molecule has 5 rings (SSSR count). The van der Waals surface area contributed by atoms with Crippen LogP contribution in [0.2, 0.25) is 0 Å². The number of carbonyl (C=O) groups is 1. The second kappa shape index (κ2) is 5.81. The molecule has 0 saturated heterocycles. The van der Waals surface area contributed by atoms with Crippen LogP contribution >= 0.6 is 0 Å². The number of para-hydroxylation sites is 2. The number of hydrogen-bond donors (Lipinski definition) is 1. The van der Waals surface area contributed by atoms with Crippen molar-refractivity contribution in [1.82, 2.24) is 4.98 Å². The van der Waals surface area contributed by atoms with Gasteiger partial charge in [0, 0.05) is 28.4 Å². The number of carbonyl (C=O) groups excluding carboxylic acids is 1. The molecule has 4 aromatic rings. The molecule has 0 radical (unpaired) electrons. The Morgan fingerprint density at radius 2 is 1.54 bits per heavy atom. The molecular formula is C23H16N2O. The van der Waals surface area contributed by atoms with Crippen molar-refractivity contribution in [3.05, 3.63) is 102 Å². The maximum Gasteiger partial charge on any atom is 0.176 e. The Labute approximate surface area is 151 Å². The summed E-state index contributed by atoms with van der Waals surface area (Å²) in [6.45, 7) is 0. The Kier molecular flexibility index (Phi) is 3.32. The summed E-state index contributed by atoms with van der Waals surface area (Å²) in [5.74, 6) is -0.283. The number of benzene rings is 3. The van der Waals surface area contributed by atoms with E-state index in [-0.39, 0.29) is 11.7 Å². The molecule has 3 heteroatoms. The fraction of sp³-hybridized carbons (Fsp3) is 0.0435. The molecule has 1 atom stereocenters. The van der Waals surface area contributed by atoms with Crippen molar-refractivity contribution in [3.8, 4) is 0 Å². The standard InChI is InChI=1S/C23H16N2O/c26-23-17-11-5-7-13-20(17)25-22-16-10-4-6-12-19(16)24-14-18(22)21(23)15-8-2-1-3-9-15/h1-14,21,25H. The van der Waals surface area contributed by atoms with Gasteiger partial charge in [-0.15, -0.1) is 0 Å². The number of Topliss-reactive ketones (excluding diaryl/α,β-unsaturated/α-hetero) is 1. The van der Waals surface area contributed by atoms with Crippen LogP contribution in [-0.2, 0) is 0 Å². The average molecular weight is 336 g/mol. The molecule has 2 heterocycles. The molecule has 3 nitrogen and oxygen atoms in total. The third kappa shape index (κ3) is 2.21. The van der Waals surface area contributed by atoms with E-state index in [0.29, 0.717) is 5.56 Å². The number of nitrogens with zero attached hydrogens (tertiary/aromatic N) is 1. The van der Waals surface area contributed by atoms with Crippen LogP contribution in [0.5, 0.6) is 0 Å². The lowest BCUT2D eigenvalue weighted by atomic mass is 9.85. The smallest absolute Gasteiger partial charge is 0.176 e. The molecule has 1 aliphatic rings. The molecule has 1 aliphatic heterocycles. The lowest BCUT2D eigenvalue weighted by Crippen LogP contribution is -2.13. The zero-order valence-corrected chi connectivity index (χ0v) is 14.0. The lowest BCUT2D eigenvalue weighted by Gasteiger charge is -2.18. The van der Waals surface area contributed by atoms with Crippen molar-refractivity contribution in [3.63, 3.8) is 0 Å². The highest BCUT2D eigenvalue weighted by Crippen LogP contribution is 2.42. The molecule has 0 bridgehead atoms. The minimum atomic E-state index is -0.376. The zero-order chi connectivity index (χ0) is 17.5. The molecule has 0 aliphatic carbocycles. The molecule has 0 amide bonds. The van der Waals surface area contributed by atoms with Crippen molar-refractivity contribution in [2.75, 3.05) is 5.32 Å². The summed E-state index contributed by atoms with van der Waals surface area (Å²) >= 11 is 0. The second-order valence-electron chi connectivity index (χ2n) is 6.48. The van der Waals surface area contributed by atoms with Crippen LogP contribution in [0.25, 0.3) is 10.9 Å². The van der Waals surface area contributed by atoms with Gasteiger partial charge in [-0.3, -0.25) is 9.78 Å². The summed E-state index contributed by atoms with van der Waals surface area (Å²) in [4.78, 5) is 18.1. The predicted octanol–water partition coefficient (Wildman–Crippen LogP) is 5.31. The molecule has 1 aromatic heterocycles. The number of pyridine rings is 1. The first-order valence-corrected chi connectivity index (χ1v) is 8.66. The van der Waals surface area contributed by atoms with E-state index in [1.54, 1.807) is 0 Å². The van der Waals surface area contributed by atoms with E-state index >= 15 is 0 Å². The Morgan fingerprint density at radius 1 is 0.808 bits per heavy atom. The quantitative estimate of drug-likeness (QED) is 0.512. The van der Waals surface area contributed by atoms with Crippen molar-refractivity contribution in [2.45, 2.75) is 5.92 Å². The van der Waals surface area contributed by atoms with Crippen molar-refractivity contribution < 1.29 is 4.79 Å². The lowest BCUT2D eigenvalue weighted by molar-refractivity contribution is 0.0975. The van der Waals surface area contributed by atoms with Crippen LogP contribution in [0.3, 0.4) is 0 Å². The maximum atomic E-state index is 13.5. The van der Waals surface area contributed by atoms with Crippen LogP contribution in [0.4, 0.5) is 11.4 Å². The largest absolute Gasteiger partial charge is 0.354 e. The molecule has 0 saturated carbocycles. The monoisotopic (exact) mass is 336 g/mol. The van der Waals surface area contributed by atoms with E-state index in [1.807, 2.05) is 79.0 Å². The Balaban J connectivity index is 1.86. The van der Waals surface area contributed by atoms with Gasteiger partial charge >= 0.3 is 0 Å². The zero-order valence-electron chi connectivity index (χ0n) is 14.0. The summed E-state index contributed by atoms with van der Waals surface area (Å²) in [5.41, 5.74) is 5.32. The number of aromatic nitrogens is 1. The molecule has 3 aromatic carbocycles. The predicted molar refractivity (Wildman–Crippen MR) is 104 cm³/mol. The number of rotatable bonds is 1. The first kappa shape index (κ1) is 14.8. The number of ketones is 1. The summed E-state index contributed by atoms with van der Waals surface area (Å²) in [6.07, 6.45) is 1.84. The van der Waals surface area contributed by atoms with Gasteiger partial charge in [-0.05, 0) is 23.8 Å². The highest BCUT2D eigenvalue weighted by atomic mass is 16.1. The SMILES string of the molecule is O=C1c2ccccc2Nc2c(cnc3ccccc23)C1c1ccccc1. The van der Waals surface area contributed by atoms with Crippen LogP contribution in [0.1, 0.15) is 27.4 Å². The van der Waals surface area contributed by atoms with E-state index in [2.05, 4.69) is 16.4 Å². The van der Waals surface area contributed by atoms with Crippen molar-refractivity contribution in [2.24, 2.45) is 0 Å². The van der Waals surface area contributed by atoms with Gasteiger partial charge in [0.25, 0.3) is 0 Å². The molecule has 1 N–H and O–H groups in total. The molecule has 1 unspecified atom stereocenters. The van der Waals surface area contributed by atoms with Gasteiger partial charge in [-0.1, -0.05) is 60.7 Å². The fourth-order valence-corrected chi connectivity index (χ4v) is 3.73. The average Bonchev–Trinajstić information content (AvgIpc) is 2.83. The molecule has 26 heavy (non-hydrogen) atoms. The number of hydrogen-bond acceptors (Lipinski definition) is 3. The molecule has 124 valence electrons. The van der Waals surface area contributed by atoms with E-state index < -0.39 is 0 Å². The molecule has 0 spiro atoms. The van der Waals surface area contributed by atoms with E-state index in [1.165, 1.54) is 0 Å². The maximum absolute atomic E-state index is 13.5. The number of fused-ring (bicyclic) bond motifs is 4. The van der Waals surface area contributed by atoms with Gasteiger partial charge in [-0.25, -0.2) is 0 Å². The Hall–Kier alpha value is -3.46. The molecule has 0 fully saturated rings. The molecular weight excluding hydrogens is 320 g/mol. The van der Waals surface area contributed by atoms with E-state index in [0.717, 1.165) is 33.4 Å². The minimum Gasteiger partial charge on any atom is -0.354 e. The van der Waals surface area contributed by atoms with Gasteiger partial charge in [0.2, 0.25) is 0 Å². The van der Waals surface area contributed by atoms with E-state index in [9.17, 15) is 4.79 Å². The van der Waals surface area contributed by atoms with Gasteiger partial charge in [-0.2, -0.15) is 0 Å². The fourth-order valence-electron chi connectivity index (χ4n) is 3.73. The van der Waals surface area contributed by atoms with Gasteiger partial charge in [0.15, 0.2) is 5.78 Å². The summed E-state index contributed by atoms with van der Waals surface area (Å²) in [6, 6.07) is 25.7. The highest BCUT2D eigenvalue weighted by molar-refractivity contribution is 6.12. The number of nitrogens with one attached hydrogen (secondary N) is 1. The normalized spacial score (nSPS) is 15.7. The summed E-state index contributed by atoms with van der Waals surface area (Å²) in [7, 11) is 0. The van der Waals surface area contributed by atoms with E-state index in [4.69, 9.17) is 0 Å². The van der Waals surface area contributed by atoms with Gasteiger partial charge < -0.3 is 5.32 Å². The summed E-state index contributed by atoms with van der Waals surface area (Å²) < 4.78 is 0. The third-order valence-corrected chi connectivity index (χ3v) is 4.96. The minimum absolute atomic E-state index is 0.0927. The Morgan fingerprint density at radius 3 is 2.42 bits per heavy atom. The first-order chi connectivity index (χ1) is 12.8. The highest BCUT2D eigenvalue weighted by Gasteiger charge is 2.31. The second-order valence-corrected chi connectivity index (χ2v) is 6.48. The Bertz CT molecular complexity index is 1140. The van der Waals surface area contributed by atoms with Crippen LogP contribution in [0.15, 0.2) is 85.1 Å². The topological polar surface area (TPSA) is 42.0 Å². The van der Waals surface area contributed by atoms with Crippen molar-refractivity contribution in [1.29, 1.82) is 0 Å². The van der Waals surface area contributed by atoms with Crippen LogP contribution < -0.4 is 5.32 Å².